The Morgan fingerprint density at radius 2 is 1.91 bits per heavy atom. The Morgan fingerprint density at radius 3 is 2.61 bits per heavy atom. The minimum atomic E-state index is -0.348. The van der Waals surface area contributed by atoms with Crippen molar-refractivity contribution in [3.63, 3.8) is 0 Å². The highest BCUT2D eigenvalue weighted by Gasteiger charge is 2.11. The second-order valence-electron chi connectivity index (χ2n) is 7.50. The average Bonchev–Trinajstić information content (AvgIpc) is 3.41. The number of benzene rings is 1. The monoisotopic (exact) mass is 464 g/mol. The molecule has 3 heterocycles. The third-order valence-electron chi connectivity index (χ3n) is 4.96. The van der Waals surface area contributed by atoms with E-state index < -0.39 is 0 Å². The molecule has 0 saturated heterocycles. The molecule has 4 rings (SSSR count). The number of aromatic nitrogens is 5. The van der Waals surface area contributed by atoms with E-state index in [1.54, 1.807) is 29.2 Å². The molecule has 170 valence electrons. The molecule has 0 aliphatic heterocycles. The van der Waals surface area contributed by atoms with Crippen molar-refractivity contribution >= 4 is 17.2 Å². The van der Waals surface area contributed by atoms with Crippen LogP contribution in [-0.2, 0) is 17.8 Å². The highest BCUT2D eigenvalue weighted by atomic mass is 32.1. The van der Waals surface area contributed by atoms with Crippen molar-refractivity contribution in [2.45, 2.75) is 26.8 Å². The molecule has 0 unspecified atom stereocenters. The summed E-state index contributed by atoms with van der Waals surface area (Å²) in [6, 6.07) is 12.6. The first-order valence-corrected chi connectivity index (χ1v) is 11.3. The summed E-state index contributed by atoms with van der Waals surface area (Å²) in [7, 11) is 1.63. The van der Waals surface area contributed by atoms with Crippen LogP contribution >= 0.6 is 11.3 Å². The lowest BCUT2D eigenvalue weighted by molar-refractivity contribution is -0.121. The molecule has 10 heteroatoms. The standard InChI is InChI=1S/C23H24N6O3S/c1-15-12-16(2)29(26-15)20-8-9-22(31)28(27-20)13-21(30)24-11-10-18-14-33-23(25-18)17-4-6-19(32-3)7-5-17/h4-9,12,14H,10-11,13H2,1-3H3,(H,24,30). The number of thiazole rings is 1. The zero-order chi connectivity index (χ0) is 23.4. The largest absolute Gasteiger partial charge is 0.497 e. The predicted molar refractivity (Wildman–Crippen MR) is 126 cm³/mol. The Balaban J connectivity index is 1.34. The van der Waals surface area contributed by atoms with E-state index in [0.717, 1.165) is 38.1 Å². The number of amides is 1. The Morgan fingerprint density at radius 1 is 1.12 bits per heavy atom. The van der Waals surface area contributed by atoms with Gasteiger partial charge in [-0.2, -0.15) is 5.10 Å². The van der Waals surface area contributed by atoms with Gasteiger partial charge in [0, 0.05) is 35.7 Å². The van der Waals surface area contributed by atoms with Gasteiger partial charge in [-0.05, 0) is 50.2 Å². The van der Waals surface area contributed by atoms with Gasteiger partial charge in [0.25, 0.3) is 5.56 Å². The molecular formula is C23H24N6O3S. The quantitative estimate of drug-likeness (QED) is 0.430. The summed E-state index contributed by atoms with van der Waals surface area (Å²) in [6.45, 7) is 4.04. The first-order chi connectivity index (χ1) is 15.9. The minimum absolute atomic E-state index is 0.167. The Labute approximate surface area is 194 Å². The van der Waals surface area contributed by atoms with Crippen LogP contribution in [0.25, 0.3) is 16.4 Å². The lowest BCUT2D eigenvalue weighted by atomic mass is 10.2. The second kappa shape index (κ2) is 9.78. The van der Waals surface area contributed by atoms with E-state index in [-0.39, 0.29) is 18.0 Å². The van der Waals surface area contributed by atoms with Crippen LogP contribution in [0.15, 0.2) is 52.6 Å². The lowest BCUT2D eigenvalue weighted by Gasteiger charge is -2.08. The van der Waals surface area contributed by atoms with E-state index in [9.17, 15) is 9.59 Å². The number of rotatable bonds is 8. The van der Waals surface area contributed by atoms with Crippen LogP contribution in [0.1, 0.15) is 17.1 Å². The van der Waals surface area contributed by atoms with Gasteiger partial charge >= 0.3 is 0 Å². The number of nitrogens with one attached hydrogen (secondary N) is 1. The molecule has 0 spiro atoms. The third-order valence-corrected chi connectivity index (χ3v) is 5.90. The summed E-state index contributed by atoms with van der Waals surface area (Å²) >= 11 is 1.55. The molecular weight excluding hydrogens is 440 g/mol. The van der Waals surface area contributed by atoms with Crippen LogP contribution in [0.2, 0.25) is 0 Å². The molecule has 3 aromatic heterocycles. The summed E-state index contributed by atoms with van der Waals surface area (Å²) in [6.07, 6.45) is 0.590. The number of methoxy groups -OCH3 is 1. The van der Waals surface area contributed by atoms with E-state index in [2.05, 4.69) is 20.5 Å². The summed E-state index contributed by atoms with van der Waals surface area (Å²) in [5.41, 5.74) is 3.31. The predicted octanol–water partition coefficient (Wildman–Crippen LogP) is 2.54. The Hall–Kier alpha value is -3.79. The third kappa shape index (κ3) is 5.35. The van der Waals surface area contributed by atoms with Crippen LogP contribution in [0.5, 0.6) is 5.75 Å². The fraction of sp³-hybridized carbons (Fsp3) is 0.261. The number of carbonyl (C=O) groups excluding carboxylic acids is 1. The second-order valence-corrected chi connectivity index (χ2v) is 8.36. The van der Waals surface area contributed by atoms with Crippen molar-refractivity contribution < 1.29 is 9.53 Å². The molecule has 9 nitrogen and oxygen atoms in total. The normalized spacial score (nSPS) is 10.9. The van der Waals surface area contributed by atoms with Crippen molar-refractivity contribution in [2.75, 3.05) is 13.7 Å². The molecule has 1 N–H and O–H groups in total. The highest BCUT2D eigenvalue weighted by Crippen LogP contribution is 2.25. The number of carbonyl (C=O) groups is 1. The summed E-state index contributed by atoms with van der Waals surface area (Å²) < 4.78 is 7.97. The number of nitrogens with zero attached hydrogens (tertiary/aromatic N) is 5. The maximum Gasteiger partial charge on any atom is 0.267 e. The molecule has 4 aromatic rings. The molecule has 0 aliphatic rings. The number of hydrogen-bond donors (Lipinski definition) is 1. The van der Waals surface area contributed by atoms with E-state index >= 15 is 0 Å². The Bertz CT molecular complexity index is 1320. The van der Waals surface area contributed by atoms with Gasteiger partial charge in [0.05, 0.1) is 18.5 Å². The molecule has 0 radical (unpaired) electrons. The molecule has 0 atom stereocenters. The van der Waals surface area contributed by atoms with Crippen LogP contribution in [0.4, 0.5) is 0 Å². The van der Waals surface area contributed by atoms with Crippen molar-refractivity contribution in [3.8, 4) is 22.1 Å². The van der Waals surface area contributed by atoms with Gasteiger partial charge in [0.15, 0.2) is 5.82 Å². The fourth-order valence-corrected chi connectivity index (χ4v) is 4.20. The Kier molecular flexibility index (Phi) is 6.64. The molecule has 0 bridgehead atoms. The van der Waals surface area contributed by atoms with E-state index in [1.165, 1.54) is 6.07 Å². The lowest BCUT2D eigenvalue weighted by Crippen LogP contribution is -2.34. The van der Waals surface area contributed by atoms with Gasteiger partial charge in [-0.1, -0.05) is 0 Å². The van der Waals surface area contributed by atoms with Crippen molar-refractivity contribution in [1.82, 2.24) is 29.9 Å². The highest BCUT2D eigenvalue weighted by molar-refractivity contribution is 7.13. The summed E-state index contributed by atoms with van der Waals surface area (Å²) in [5, 5.41) is 14.4. The van der Waals surface area contributed by atoms with E-state index in [0.29, 0.717) is 18.8 Å². The summed E-state index contributed by atoms with van der Waals surface area (Å²) in [4.78, 5) is 29.2. The van der Waals surface area contributed by atoms with Crippen molar-refractivity contribution in [1.29, 1.82) is 0 Å². The number of ether oxygens (including phenoxy) is 1. The van der Waals surface area contributed by atoms with Crippen LogP contribution in [-0.4, -0.2) is 44.1 Å². The van der Waals surface area contributed by atoms with Gasteiger partial charge in [0.2, 0.25) is 5.91 Å². The number of hydrogen-bond acceptors (Lipinski definition) is 7. The molecule has 1 aromatic carbocycles. The van der Waals surface area contributed by atoms with Gasteiger partial charge < -0.3 is 10.1 Å². The van der Waals surface area contributed by atoms with E-state index in [1.807, 2.05) is 49.6 Å². The van der Waals surface area contributed by atoms with Gasteiger partial charge in [-0.15, -0.1) is 16.4 Å². The van der Waals surface area contributed by atoms with Crippen LogP contribution < -0.4 is 15.6 Å². The van der Waals surface area contributed by atoms with Gasteiger partial charge in [-0.3, -0.25) is 9.59 Å². The van der Waals surface area contributed by atoms with Gasteiger partial charge in [-0.25, -0.2) is 14.3 Å². The molecule has 1 amide bonds. The fourth-order valence-electron chi connectivity index (χ4n) is 3.34. The molecule has 0 aliphatic carbocycles. The van der Waals surface area contributed by atoms with Crippen LogP contribution in [0, 0.1) is 13.8 Å². The van der Waals surface area contributed by atoms with Gasteiger partial charge in [0.1, 0.15) is 17.3 Å². The minimum Gasteiger partial charge on any atom is -0.497 e. The maximum atomic E-state index is 12.4. The molecule has 0 fully saturated rings. The zero-order valence-electron chi connectivity index (χ0n) is 18.6. The van der Waals surface area contributed by atoms with Crippen molar-refractivity contribution in [2.24, 2.45) is 0 Å². The van der Waals surface area contributed by atoms with E-state index in [4.69, 9.17) is 4.74 Å². The zero-order valence-corrected chi connectivity index (χ0v) is 19.4. The molecule has 0 saturated carbocycles. The maximum absolute atomic E-state index is 12.4. The SMILES string of the molecule is COc1ccc(-c2nc(CCNC(=O)Cn3nc(-n4nc(C)cc4C)ccc3=O)cs2)cc1. The first kappa shape index (κ1) is 22.4. The first-order valence-electron chi connectivity index (χ1n) is 10.4. The average molecular weight is 465 g/mol. The van der Waals surface area contributed by atoms with Crippen LogP contribution in [0.3, 0.4) is 0 Å². The topological polar surface area (TPSA) is 104 Å². The smallest absolute Gasteiger partial charge is 0.267 e. The number of aryl methyl sites for hydroxylation is 2. The molecule has 33 heavy (non-hydrogen) atoms. The summed E-state index contributed by atoms with van der Waals surface area (Å²) in [5.74, 6) is 0.995. The van der Waals surface area contributed by atoms with Crippen molar-refractivity contribution in [3.05, 3.63) is 75.3 Å².